The zero-order valence-electron chi connectivity index (χ0n) is 12.0. The van der Waals surface area contributed by atoms with Crippen molar-refractivity contribution in [2.45, 2.75) is 6.04 Å². The molecule has 1 atom stereocenters. The lowest BCUT2D eigenvalue weighted by molar-refractivity contribution is -0.143. The van der Waals surface area contributed by atoms with E-state index in [-0.39, 0.29) is 16.1 Å². The summed E-state index contributed by atoms with van der Waals surface area (Å²) in [5.41, 5.74) is -0.239. The van der Waals surface area contributed by atoms with Crippen molar-refractivity contribution in [3.05, 3.63) is 70.2 Å². The van der Waals surface area contributed by atoms with E-state index in [9.17, 15) is 18.4 Å². The first-order chi connectivity index (χ1) is 10.9. The van der Waals surface area contributed by atoms with E-state index in [1.807, 2.05) is 0 Å². The summed E-state index contributed by atoms with van der Waals surface area (Å²) in [6.07, 6.45) is 0. The van der Waals surface area contributed by atoms with Crippen LogP contribution in [0.25, 0.3) is 0 Å². The Kier molecular flexibility index (Phi) is 5.28. The molecule has 4 nitrogen and oxygen atoms in total. The van der Waals surface area contributed by atoms with Crippen LogP contribution in [0, 0.1) is 11.6 Å². The molecule has 0 bridgehead atoms. The minimum absolute atomic E-state index is 0.0971. The molecule has 0 fully saturated rings. The second-order valence-electron chi connectivity index (χ2n) is 4.58. The van der Waals surface area contributed by atoms with E-state index in [4.69, 9.17) is 11.6 Å². The van der Waals surface area contributed by atoms with Gasteiger partial charge in [0.2, 0.25) is 0 Å². The lowest BCUT2D eigenvalue weighted by Crippen LogP contribution is -2.35. The standard InChI is InChI=1S/C16H12ClF2NO3/c1-23-16(22)14(11-8-9(18)6-7-13(11)19)20-15(21)10-4-2-3-5-12(10)17/h2-8,14H,1H3,(H,20,21)/t14-/m0/s1. The molecule has 0 saturated heterocycles. The van der Waals surface area contributed by atoms with E-state index < -0.39 is 29.6 Å². The third kappa shape index (κ3) is 3.84. The van der Waals surface area contributed by atoms with Crippen LogP contribution in [0.3, 0.4) is 0 Å². The van der Waals surface area contributed by atoms with Gasteiger partial charge in [0.1, 0.15) is 11.6 Å². The smallest absolute Gasteiger partial charge is 0.333 e. The van der Waals surface area contributed by atoms with Gasteiger partial charge in [-0.15, -0.1) is 0 Å². The molecule has 0 unspecified atom stereocenters. The van der Waals surface area contributed by atoms with Crippen molar-refractivity contribution in [2.24, 2.45) is 0 Å². The van der Waals surface area contributed by atoms with Crippen molar-refractivity contribution in [1.29, 1.82) is 0 Å². The number of benzene rings is 2. The van der Waals surface area contributed by atoms with Crippen LogP contribution in [0.4, 0.5) is 8.78 Å². The van der Waals surface area contributed by atoms with Gasteiger partial charge in [-0.2, -0.15) is 0 Å². The lowest BCUT2D eigenvalue weighted by Gasteiger charge is -2.18. The van der Waals surface area contributed by atoms with E-state index in [1.165, 1.54) is 12.1 Å². The third-order valence-electron chi connectivity index (χ3n) is 3.10. The number of nitrogens with one attached hydrogen (secondary N) is 1. The van der Waals surface area contributed by atoms with Crippen molar-refractivity contribution in [3.8, 4) is 0 Å². The zero-order chi connectivity index (χ0) is 17.0. The second-order valence-corrected chi connectivity index (χ2v) is 4.98. The first-order valence-electron chi connectivity index (χ1n) is 6.52. The Bertz CT molecular complexity index is 752. The van der Waals surface area contributed by atoms with Gasteiger partial charge in [0.25, 0.3) is 5.91 Å². The summed E-state index contributed by atoms with van der Waals surface area (Å²) in [7, 11) is 1.08. The highest BCUT2D eigenvalue weighted by Gasteiger charge is 2.28. The van der Waals surface area contributed by atoms with Crippen molar-refractivity contribution < 1.29 is 23.1 Å². The number of ether oxygens (including phenoxy) is 1. The van der Waals surface area contributed by atoms with Gasteiger partial charge >= 0.3 is 5.97 Å². The third-order valence-corrected chi connectivity index (χ3v) is 3.43. The number of carbonyl (C=O) groups is 2. The maximum absolute atomic E-state index is 13.9. The molecule has 0 radical (unpaired) electrons. The van der Waals surface area contributed by atoms with Gasteiger partial charge in [0, 0.05) is 5.56 Å². The van der Waals surface area contributed by atoms with E-state index in [0.29, 0.717) is 0 Å². The highest BCUT2D eigenvalue weighted by atomic mass is 35.5. The minimum Gasteiger partial charge on any atom is -0.467 e. The largest absolute Gasteiger partial charge is 0.467 e. The molecule has 0 spiro atoms. The van der Waals surface area contributed by atoms with Crippen LogP contribution in [0.5, 0.6) is 0 Å². The predicted octanol–water partition coefficient (Wildman–Crippen LogP) is 3.26. The molecule has 120 valence electrons. The Morgan fingerprint density at radius 3 is 2.52 bits per heavy atom. The van der Waals surface area contributed by atoms with Crippen LogP contribution in [0.15, 0.2) is 42.5 Å². The van der Waals surface area contributed by atoms with Crippen molar-refractivity contribution in [2.75, 3.05) is 7.11 Å². The highest BCUT2D eigenvalue weighted by molar-refractivity contribution is 6.33. The van der Waals surface area contributed by atoms with Gasteiger partial charge in [-0.3, -0.25) is 4.79 Å². The average Bonchev–Trinajstić information content (AvgIpc) is 2.54. The Morgan fingerprint density at radius 2 is 1.87 bits per heavy atom. The summed E-state index contributed by atoms with van der Waals surface area (Å²) in [6.45, 7) is 0. The first-order valence-corrected chi connectivity index (χ1v) is 6.90. The number of methoxy groups -OCH3 is 1. The Hall–Kier alpha value is -2.47. The van der Waals surface area contributed by atoms with Gasteiger partial charge in [0.05, 0.1) is 17.7 Å². The number of rotatable bonds is 4. The summed E-state index contributed by atoms with van der Waals surface area (Å²) in [4.78, 5) is 24.1. The van der Waals surface area contributed by atoms with Gasteiger partial charge in [-0.25, -0.2) is 13.6 Å². The fraction of sp³-hybridized carbons (Fsp3) is 0.125. The van der Waals surface area contributed by atoms with Crippen LogP contribution < -0.4 is 5.32 Å². The molecule has 0 aliphatic heterocycles. The van der Waals surface area contributed by atoms with Gasteiger partial charge < -0.3 is 10.1 Å². The number of halogens is 3. The van der Waals surface area contributed by atoms with Gasteiger partial charge in [0.15, 0.2) is 6.04 Å². The molecule has 1 amide bonds. The number of amides is 1. The minimum atomic E-state index is -1.50. The first kappa shape index (κ1) is 16.9. The molecule has 2 rings (SSSR count). The Balaban J connectivity index is 2.37. The second kappa shape index (κ2) is 7.19. The fourth-order valence-electron chi connectivity index (χ4n) is 1.97. The summed E-state index contributed by atoms with van der Waals surface area (Å²) in [5, 5.41) is 2.47. The zero-order valence-corrected chi connectivity index (χ0v) is 12.7. The number of hydrogen-bond acceptors (Lipinski definition) is 3. The van der Waals surface area contributed by atoms with Crippen LogP contribution in [-0.4, -0.2) is 19.0 Å². The van der Waals surface area contributed by atoms with Crippen LogP contribution in [-0.2, 0) is 9.53 Å². The molecule has 0 aliphatic rings. The average molecular weight is 340 g/mol. The number of carbonyl (C=O) groups excluding carboxylic acids is 2. The Morgan fingerprint density at radius 1 is 1.17 bits per heavy atom. The molecule has 0 heterocycles. The summed E-state index contributed by atoms with van der Waals surface area (Å²) in [6, 6.07) is 7.23. The molecule has 2 aromatic carbocycles. The molecule has 0 aromatic heterocycles. The molecule has 1 N–H and O–H groups in total. The van der Waals surface area contributed by atoms with Gasteiger partial charge in [-0.1, -0.05) is 23.7 Å². The molecule has 0 saturated carbocycles. The van der Waals surface area contributed by atoms with E-state index in [0.717, 1.165) is 25.3 Å². The molecule has 7 heteroatoms. The van der Waals surface area contributed by atoms with Crippen molar-refractivity contribution in [3.63, 3.8) is 0 Å². The van der Waals surface area contributed by atoms with Crippen molar-refractivity contribution in [1.82, 2.24) is 5.32 Å². The van der Waals surface area contributed by atoms with Crippen molar-refractivity contribution >= 4 is 23.5 Å². The molecule has 2 aromatic rings. The van der Waals surface area contributed by atoms with Crippen LogP contribution >= 0.6 is 11.6 Å². The molecular formula is C16H12ClF2NO3. The quantitative estimate of drug-likeness (QED) is 0.870. The van der Waals surface area contributed by atoms with Crippen LogP contribution in [0.2, 0.25) is 5.02 Å². The molecule has 23 heavy (non-hydrogen) atoms. The SMILES string of the molecule is COC(=O)[C@@H](NC(=O)c1ccccc1Cl)c1cc(F)ccc1F. The van der Waals surface area contributed by atoms with E-state index >= 15 is 0 Å². The lowest BCUT2D eigenvalue weighted by atomic mass is 10.1. The summed E-state index contributed by atoms with van der Waals surface area (Å²) >= 11 is 5.91. The van der Waals surface area contributed by atoms with Gasteiger partial charge in [-0.05, 0) is 30.3 Å². The topological polar surface area (TPSA) is 55.4 Å². The Labute approximate surface area is 136 Å². The normalized spacial score (nSPS) is 11.7. The maximum atomic E-state index is 13.9. The predicted molar refractivity (Wildman–Crippen MR) is 80.0 cm³/mol. The number of esters is 1. The van der Waals surface area contributed by atoms with E-state index in [1.54, 1.807) is 12.1 Å². The molecule has 0 aliphatic carbocycles. The summed E-state index contributed by atoms with van der Waals surface area (Å²) < 4.78 is 31.8. The summed E-state index contributed by atoms with van der Waals surface area (Å²) in [5.74, 6) is -3.24. The highest BCUT2D eigenvalue weighted by Crippen LogP contribution is 2.22. The monoisotopic (exact) mass is 339 g/mol. The van der Waals surface area contributed by atoms with E-state index in [2.05, 4.69) is 10.1 Å². The molecular weight excluding hydrogens is 328 g/mol. The van der Waals surface area contributed by atoms with Crippen LogP contribution in [0.1, 0.15) is 22.0 Å². The maximum Gasteiger partial charge on any atom is 0.333 e. The number of hydrogen-bond donors (Lipinski definition) is 1. The fourth-order valence-corrected chi connectivity index (χ4v) is 2.19.